The Kier molecular flexibility index (Phi) is 5.23. The molecular formula is C18H21FN4O2. The normalized spacial score (nSPS) is 20.1. The fraction of sp³-hybridized carbons (Fsp3) is 0.389. The molecule has 0 spiro atoms. The van der Waals surface area contributed by atoms with Crippen LogP contribution in [-0.2, 0) is 4.79 Å². The lowest BCUT2D eigenvalue weighted by Gasteiger charge is -2.27. The number of nitrogens with zero attached hydrogens (tertiary/aromatic N) is 2. The molecule has 1 aromatic heterocycles. The molecule has 25 heavy (non-hydrogen) atoms. The van der Waals surface area contributed by atoms with Crippen LogP contribution in [0, 0.1) is 11.7 Å². The monoisotopic (exact) mass is 344 g/mol. The largest absolute Gasteiger partial charge is 0.496 e. The highest BCUT2D eigenvalue weighted by Gasteiger charge is 2.28. The van der Waals surface area contributed by atoms with Gasteiger partial charge in [-0.25, -0.2) is 14.4 Å². The van der Waals surface area contributed by atoms with Crippen molar-refractivity contribution in [2.24, 2.45) is 11.7 Å². The third kappa shape index (κ3) is 3.93. The second-order valence-corrected chi connectivity index (χ2v) is 6.18. The van der Waals surface area contributed by atoms with Crippen molar-refractivity contribution in [1.82, 2.24) is 9.97 Å². The average Bonchev–Trinajstić information content (AvgIpc) is 2.62. The molecule has 6 nitrogen and oxygen atoms in total. The van der Waals surface area contributed by atoms with Crippen molar-refractivity contribution in [1.29, 1.82) is 0 Å². The second-order valence-electron chi connectivity index (χ2n) is 6.18. The molecule has 132 valence electrons. The summed E-state index contributed by atoms with van der Waals surface area (Å²) in [4.78, 5) is 20.7. The minimum absolute atomic E-state index is 0.127. The van der Waals surface area contributed by atoms with Crippen molar-refractivity contribution in [2.75, 3.05) is 12.4 Å². The van der Waals surface area contributed by atoms with Gasteiger partial charge in [0.1, 0.15) is 23.7 Å². The summed E-state index contributed by atoms with van der Waals surface area (Å²) in [6.07, 6.45) is 5.02. The van der Waals surface area contributed by atoms with E-state index in [0.717, 1.165) is 25.7 Å². The number of hydrogen-bond acceptors (Lipinski definition) is 5. The van der Waals surface area contributed by atoms with Gasteiger partial charge in [0.05, 0.1) is 18.7 Å². The topological polar surface area (TPSA) is 90.1 Å². The molecule has 2 atom stereocenters. The minimum atomic E-state index is -0.395. The van der Waals surface area contributed by atoms with E-state index in [1.165, 1.54) is 31.6 Å². The summed E-state index contributed by atoms with van der Waals surface area (Å²) in [6.45, 7) is 0. The number of anilines is 1. The van der Waals surface area contributed by atoms with Gasteiger partial charge in [0.25, 0.3) is 0 Å². The number of nitrogens with one attached hydrogen (secondary N) is 1. The van der Waals surface area contributed by atoms with Gasteiger partial charge in [-0.05, 0) is 31.0 Å². The van der Waals surface area contributed by atoms with Gasteiger partial charge < -0.3 is 15.8 Å². The molecule has 2 aromatic rings. The molecule has 3 N–H and O–H groups in total. The van der Waals surface area contributed by atoms with Crippen LogP contribution in [0.25, 0.3) is 11.3 Å². The van der Waals surface area contributed by atoms with Crippen molar-refractivity contribution < 1.29 is 13.9 Å². The van der Waals surface area contributed by atoms with Gasteiger partial charge >= 0.3 is 0 Å². The van der Waals surface area contributed by atoms with E-state index >= 15 is 0 Å². The van der Waals surface area contributed by atoms with E-state index in [4.69, 9.17) is 10.5 Å². The first-order valence-corrected chi connectivity index (χ1v) is 8.31. The molecule has 0 aliphatic heterocycles. The first-order chi connectivity index (χ1) is 12.1. The van der Waals surface area contributed by atoms with E-state index in [1.54, 1.807) is 6.07 Å². The maximum Gasteiger partial charge on any atom is 0.230 e. The van der Waals surface area contributed by atoms with E-state index in [1.807, 2.05) is 0 Å². The van der Waals surface area contributed by atoms with Crippen molar-refractivity contribution in [3.63, 3.8) is 0 Å². The molecule has 1 amide bonds. The van der Waals surface area contributed by atoms with E-state index in [-0.39, 0.29) is 17.9 Å². The zero-order chi connectivity index (χ0) is 17.8. The molecule has 3 rings (SSSR count). The number of aromatic nitrogens is 2. The van der Waals surface area contributed by atoms with Gasteiger partial charge in [-0.15, -0.1) is 0 Å². The highest BCUT2D eigenvalue weighted by atomic mass is 19.1. The molecule has 1 aromatic carbocycles. The van der Waals surface area contributed by atoms with Crippen LogP contribution >= 0.6 is 0 Å². The Morgan fingerprint density at radius 2 is 2.08 bits per heavy atom. The third-order valence-corrected chi connectivity index (χ3v) is 4.51. The fourth-order valence-corrected chi connectivity index (χ4v) is 3.16. The van der Waals surface area contributed by atoms with Crippen molar-refractivity contribution in [2.45, 2.75) is 31.7 Å². The molecule has 1 heterocycles. The van der Waals surface area contributed by atoms with Gasteiger partial charge in [0.15, 0.2) is 0 Å². The SMILES string of the molecule is COc1ccc(F)cc1-c1cc(NC(=O)[C@H]2CCCC[C@H]2N)ncn1. The summed E-state index contributed by atoms with van der Waals surface area (Å²) in [7, 11) is 1.51. The van der Waals surface area contributed by atoms with Gasteiger partial charge in [0, 0.05) is 17.7 Å². The molecule has 1 aliphatic carbocycles. The number of halogens is 1. The summed E-state index contributed by atoms with van der Waals surface area (Å²) in [5, 5.41) is 2.80. The smallest absolute Gasteiger partial charge is 0.230 e. The molecule has 1 saturated carbocycles. The van der Waals surface area contributed by atoms with Crippen molar-refractivity contribution in [3.8, 4) is 17.0 Å². The van der Waals surface area contributed by atoms with E-state index in [0.29, 0.717) is 22.8 Å². The quantitative estimate of drug-likeness (QED) is 0.890. The van der Waals surface area contributed by atoms with Crippen LogP contribution in [0.5, 0.6) is 5.75 Å². The van der Waals surface area contributed by atoms with Crippen LogP contribution in [-0.4, -0.2) is 29.0 Å². The lowest BCUT2D eigenvalue weighted by Crippen LogP contribution is -2.40. The first-order valence-electron chi connectivity index (χ1n) is 8.31. The zero-order valence-electron chi connectivity index (χ0n) is 14.0. The van der Waals surface area contributed by atoms with Gasteiger partial charge in [-0.1, -0.05) is 12.8 Å². The van der Waals surface area contributed by atoms with Gasteiger partial charge in [0.2, 0.25) is 5.91 Å². The summed E-state index contributed by atoms with van der Waals surface area (Å²) < 4.78 is 18.8. The van der Waals surface area contributed by atoms with E-state index in [9.17, 15) is 9.18 Å². The number of methoxy groups -OCH3 is 1. The number of nitrogens with two attached hydrogens (primary N) is 1. The predicted octanol–water partition coefficient (Wildman–Crippen LogP) is 2.75. The number of benzene rings is 1. The Morgan fingerprint density at radius 3 is 2.84 bits per heavy atom. The number of carbonyl (C=O) groups is 1. The lowest BCUT2D eigenvalue weighted by molar-refractivity contribution is -0.121. The lowest BCUT2D eigenvalue weighted by atomic mass is 9.84. The Balaban J connectivity index is 1.82. The molecule has 7 heteroatoms. The van der Waals surface area contributed by atoms with Crippen LogP contribution in [0.2, 0.25) is 0 Å². The van der Waals surface area contributed by atoms with Crippen molar-refractivity contribution in [3.05, 3.63) is 36.4 Å². The zero-order valence-corrected chi connectivity index (χ0v) is 14.0. The highest BCUT2D eigenvalue weighted by molar-refractivity contribution is 5.92. The maximum absolute atomic E-state index is 13.6. The Bertz CT molecular complexity index is 768. The molecule has 0 saturated heterocycles. The van der Waals surface area contributed by atoms with Crippen LogP contribution in [0.3, 0.4) is 0 Å². The fourth-order valence-electron chi connectivity index (χ4n) is 3.16. The van der Waals surface area contributed by atoms with Crippen LogP contribution in [0.15, 0.2) is 30.6 Å². The van der Waals surface area contributed by atoms with E-state index in [2.05, 4.69) is 15.3 Å². The third-order valence-electron chi connectivity index (χ3n) is 4.51. The summed E-state index contributed by atoms with van der Waals surface area (Å²) >= 11 is 0. The standard InChI is InChI=1S/C18H21FN4O2/c1-25-16-7-6-11(19)8-13(16)15-9-17(22-10-21-15)23-18(24)12-4-2-3-5-14(12)20/h6-10,12,14H,2-5,20H2,1H3,(H,21,22,23,24)/t12-,14+/m0/s1. The number of rotatable bonds is 4. The molecular weight excluding hydrogens is 323 g/mol. The Labute approximate surface area is 145 Å². The Morgan fingerprint density at radius 1 is 1.28 bits per heavy atom. The van der Waals surface area contributed by atoms with Crippen LogP contribution in [0.1, 0.15) is 25.7 Å². The van der Waals surface area contributed by atoms with Crippen LogP contribution in [0.4, 0.5) is 10.2 Å². The van der Waals surface area contributed by atoms with Crippen molar-refractivity contribution >= 4 is 11.7 Å². The molecule has 0 unspecified atom stereocenters. The van der Waals surface area contributed by atoms with Gasteiger partial charge in [-0.3, -0.25) is 4.79 Å². The average molecular weight is 344 g/mol. The molecule has 0 radical (unpaired) electrons. The minimum Gasteiger partial charge on any atom is -0.496 e. The van der Waals surface area contributed by atoms with E-state index < -0.39 is 5.82 Å². The second kappa shape index (κ2) is 7.57. The molecule has 1 fully saturated rings. The summed E-state index contributed by atoms with van der Waals surface area (Å²) in [5.41, 5.74) is 7.02. The molecule has 1 aliphatic rings. The number of ether oxygens (including phenoxy) is 1. The highest BCUT2D eigenvalue weighted by Crippen LogP contribution is 2.30. The van der Waals surface area contributed by atoms with Crippen LogP contribution < -0.4 is 15.8 Å². The molecule has 0 bridgehead atoms. The number of carbonyl (C=O) groups excluding carboxylic acids is 1. The number of hydrogen-bond donors (Lipinski definition) is 2. The first kappa shape index (κ1) is 17.3. The maximum atomic E-state index is 13.6. The van der Waals surface area contributed by atoms with Gasteiger partial charge in [-0.2, -0.15) is 0 Å². The number of amides is 1. The summed E-state index contributed by atoms with van der Waals surface area (Å²) in [6, 6.07) is 5.66. The summed E-state index contributed by atoms with van der Waals surface area (Å²) in [5.74, 6) is 0.109. The Hall–Kier alpha value is -2.54. The predicted molar refractivity (Wildman–Crippen MR) is 92.5 cm³/mol.